The zero-order chi connectivity index (χ0) is 14.5. The van der Waals surface area contributed by atoms with E-state index in [-0.39, 0.29) is 5.97 Å². The monoisotopic (exact) mass is 282 g/mol. The molecule has 0 aliphatic rings. The van der Waals surface area contributed by atoms with Gasteiger partial charge in [0, 0.05) is 5.38 Å². The first-order valence-electron chi connectivity index (χ1n) is 6.48. The molecule has 19 heavy (non-hydrogen) atoms. The van der Waals surface area contributed by atoms with E-state index < -0.39 is 5.60 Å². The predicted octanol–water partition coefficient (Wildman–Crippen LogP) is 3.64. The van der Waals surface area contributed by atoms with Crippen LogP contribution in [0.5, 0.6) is 0 Å². The van der Waals surface area contributed by atoms with E-state index in [0.717, 1.165) is 19.3 Å². The van der Waals surface area contributed by atoms with E-state index in [2.05, 4.69) is 11.9 Å². The number of carbonyl (C=O) groups is 1. The van der Waals surface area contributed by atoms with Crippen molar-refractivity contribution >= 4 is 28.0 Å². The van der Waals surface area contributed by atoms with E-state index in [9.17, 15) is 4.79 Å². The third-order valence-corrected chi connectivity index (χ3v) is 3.00. The third kappa shape index (κ3) is 5.42. The summed E-state index contributed by atoms with van der Waals surface area (Å²) in [5.74, 6) is -0.339. The lowest BCUT2D eigenvalue weighted by Crippen LogP contribution is -2.24. The van der Waals surface area contributed by atoms with Crippen LogP contribution >= 0.6 is 11.3 Å². The second kappa shape index (κ2) is 6.70. The Morgan fingerprint density at radius 1 is 1.53 bits per heavy atom. The van der Waals surface area contributed by atoms with Crippen molar-refractivity contribution < 1.29 is 9.53 Å². The van der Waals surface area contributed by atoms with Crippen LogP contribution in [0.1, 0.15) is 52.7 Å². The number of allylic oxidation sites excluding steroid dienone is 1. The molecule has 106 valence electrons. The van der Waals surface area contributed by atoms with Crippen LogP contribution in [0, 0.1) is 0 Å². The summed E-state index contributed by atoms with van der Waals surface area (Å²) < 4.78 is 5.41. The van der Waals surface area contributed by atoms with Crippen molar-refractivity contribution in [3.05, 3.63) is 17.2 Å². The molecule has 1 rings (SSSR count). The molecule has 0 radical (unpaired) electrons. The summed E-state index contributed by atoms with van der Waals surface area (Å²) in [6.45, 7) is 7.67. The minimum absolute atomic E-state index is 0.339. The van der Waals surface area contributed by atoms with Crippen LogP contribution in [0.3, 0.4) is 0 Å². The quantitative estimate of drug-likeness (QED) is 0.508. The summed E-state index contributed by atoms with van der Waals surface area (Å²) in [5.41, 5.74) is 6.23. The number of hydrogen-bond acceptors (Lipinski definition) is 5. The van der Waals surface area contributed by atoms with Gasteiger partial charge >= 0.3 is 5.97 Å². The molecule has 1 aromatic heterocycles. The maximum Gasteiger partial charge on any atom is 0.340 e. The van der Waals surface area contributed by atoms with Gasteiger partial charge in [0.15, 0.2) is 5.13 Å². The Morgan fingerprint density at radius 3 is 2.68 bits per heavy atom. The third-order valence-electron chi connectivity index (χ3n) is 2.32. The van der Waals surface area contributed by atoms with Crippen LogP contribution in [0.2, 0.25) is 0 Å². The molecular weight excluding hydrogens is 260 g/mol. The molecule has 1 aromatic rings. The Hall–Kier alpha value is -1.36. The maximum absolute atomic E-state index is 12.2. The zero-order valence-corrected chi connectivity index (χ0v) is 12.8. The summed E-state index contributed by atoms with van der Waals surface area (Å²) in [6.07, 6.45) is 4.85. The van der Waals surface area contributed by atoms with E-state index in [1.54, 1.807) is 5.38 Å². The average Bonchev–Trinajstić information content (AvgIpc) is 2.68. The highest BCUT2D eigenvalue weighted by molar-refractivity contribution is 7.13. The van der Waals surface area contributed by atoms with Gasteiger partial charge in [-0.1, -0.05) is 25.8 Å². The molecule has 0 unspecified atom stereocenters. The highest BCUT2D eigenvalue weighted by Gasteiger charge is 2.22. The molecule has 2 N–H and O–H groups in total. The molecular formula is C14H22N2O2S. The topological polar surface area (TPSA) is 65.2 Å². The van der Waals surface area contributed by atoms with Gasteiger partial charge in [-0.3, -0.25) is 0 Å². The summed E-state index contributed by atoms with van der Waals surface area (Å²) in [7, 11) is 0. The number of hydrogen-bond donors (Lipinski definition) is 1. The van der Waals surface area contributed by atoms with E-state index in [0.29, 0.717) is 16.4 Å². The lowest BCUT2D eigenvalue weighted by Gasteiger charge is -2.20. The van der Waals surface area contributed by atoms with Crippen molar-refractivity contribution in [2.24, 2.45) is 0 Å². The minimum Gasteiger partial charge on any atom is -0.456 e. The fraction of sp³-hybridized carbons (Fsp3) is 0.571. The normalized spacial score (nSPS) is 12.5. The molecule has 0 aliphatic heterocycles. The van der Waals surface area contributed by atoms with Crippen molar-refractivity contribution in [3.8, 4) is 0 Å². The van der Waals surface area contributed by atoms with Crippen molar-refractivity contribution in [3.63, 3.8) is 0 Å². The molecule has 0 saturated carbocycles. The zero-order valence-electron chi connectivity index (χ0n) is 12.0. The SMILES string of the molecule is CCCC/C=C(/C(=O)OC(C)(C)C)c1csc(N)n1. The molecule has 5 heteroatoms. The Bertz CT molecular complexity index is 458. The number of nitrogens with two attached hydrogens (primary N) is 1. The first kappa shape index (κ1) is 15.7. The maximum atomic E-state index is 12.2. The molecule has 0 aliphatic carbocycles. The number of ether oxygens (including phenoxy) is 1. The lowest BCUT2D eigenvalue weighted by atomic mass is 10.1. The molecule has 0 saturated heterocycles. The number of aromatic nitrogens is 1. The van der Waals surface area contributed by atoms with Crippen LogP contribution in [-0.4, -0.2) is 16.6 Å². The van der Waals surface area contributed by atoms with Gasteiger partial charge in [-0.2, -0.15) is 0 Å². The highest BCUT2D eigenvalue weighted by atomic mass is 32.1. The van der Waals surface area contributed by atoms with Crippen molar-refractivity contribution in [1.82, 2.24) is 4.98 Å². The number of carbonyl (C=O) groups excluding carboxylic acids is 1. The van der Waals surface area contributed by atoms with Gasteiger partial charge < -0.3 is 10.5 Å². The summed E-state index contributed by atoms with van der Waals surface area (Å²) in [6, 6.07) is 0. The number of rotatable bonds is 5. The first-order chi connectivity index (χ1) is 8.83. The van der Waals surface area contributed by atoms with E-state index in [1.165, 1.54) is 11.3 Å². The molecule has 0 fully saturated rings. The van der Waals surface area contributed by atoms with Gasteiger partial charge in [-0.05, 0) is 27.2 Å². The van der Waals surface area contributed by atoms with E-state index in [4.69, 9.17) is 10.5 Å². The number of anilines is 1. The largest absolute Gasteiger partial charge is 0.456 e. The van der Waals surface area contributed by atoms with Gasteiger partial charge in [0.1, 0.15) is 5.60 Å². The summed E-state index contributed by atoms with van der Waals surface area (Å²) >= 11 is 1.33. The molecule has 0 bridgehead atoms. The van der Waals surface area contributed by atoms with Crippen LogP contribution < -0.4 is 5.73 Å². The van der Waals surface area contributed by atoms with Gasteiger partial charge in [0.2, 0.25) is 0 Å². The molecule has 0 amide bonds. The molecule has 0 spiro atoms. The van der Waals surface area contributed by atoms with Gasteiger partial charge in [0.05, 0.1) is 11.3 Å². The Morgan fingerprint density at radius 2 is 2.21 bits per heavy atom. The minimum atomic E-state index is -0.511. The standard InChI is InChI=1S/C14H22N2O2S/c1-5-6-7-8-10(11-9-19-13(15)16-11)12(17)18-14(2,3)4/h8-9H,5-7H2,1-4H3,(H2,15,16)/b10-8+. The number of unbranched alkanes of at least 4 members (excludes halogenated alkanes) is 2. The second-order valence-corrected chi connectivity index (χ2v) is 6.22. The van der Waals surface area contributed by atoms with Crippen LogP contribution in [0.25, 0.3) is 5.57 Å². The second-order valence-electron chi connectivity index (χ2n) is 5.33. The van der Waals surface area contributed by atoms with Gasteiger partial charge in [-0.15, -0.1) is 11.3 Å². The fourth-order valence-corrected chi connectivity index (χ4v) is 2.05. The average molecular weight is 282 g/mol. The number of nitrogen functional groups attached to an aromatic ring is 1. The first-order valence-corrected chi connectivity index (χ1v) is 7.36. The smallest absolute Gasteiger partial charge is 0.340 e. The number of nitrogens with zero attached hydrogens (tertiary/aromatic N) is 1. The van der Waals surface area contributed by atoms with Crippen molar-refractivity contribution in [2.45, 2.75) is 52.6 Å². The summed E-state index contributed by atoms with van der Waals surface area (Å²) in [4.78, 5) is 16.4. The molecule has 0 aromatic carbocycles. The lowest BCUT2D eigenvalue weighted by molar-refractivity contribution is -0.147. The number of thiazole rings is 1. The van der Waals surface area contributed by atoms with E-state index >= 15 is 0 Å². The van der Waals surface area contributed by atoms with Gasteiger partial charge in [-0.25, -0.2) is 9.78 Å². The predicted molar refractivity (Wildman–Crippen MR) is 79.9 cm³/mol. The van der Waals surface area contributed by atoms with Crippen molar-refractivity contribution in [2.75, 3.05) is 5.73 Å². The summed E-state index contributed by atoms with van der Waals surface area (Å²) in [5, 5.41) is 2.25. The van der Waals surface area contributed by atoms with Gasteiger partial charge in [0.25, 0.3) is 0 Å². The van der Waals surface area contributed by atoms with Crippen LogP contribution in [-0.2, 0) is 9.53 Å². The van der Waals surface area contributed by atoms with Crippen LogP contribution in [0.15, 0.2) is 11.5 Å². The fourth-order valence-electron chi connectivity index (χ4n) is 1.49. The molecule has 4 nitrogen and oxygen atoms in total. The van der Waals surface area contributed by atoms with Crippen LogP contribution in [0.4, 0.5) is 5.13 Å². The molecule has 1 heterocycles. The number of esters is 1. The van der Waals surface area contributed by atoms with E-state index in [1.807, 2.05) is 26.8 Å². The Kier molecular flexibility index (Phi) is 5.54. The Labute approximate surface area is 118 Å². The Balaban J connectivity index is 2.93. The molecule has 0 atom stereocenters. The highest BCUT2D eigenvalue weighted by Crippen LogP contribution is 2.23. The van der Waals surface area contributed by atoms with Crippen molar-refractivity contribution in [1.29, 1.82) is 0 Å².